The third-order valence-corrected chi connectivity index (χ3v) is 4.24. The summed E-state index contributed by atoms with van der Waals surface area (Å²) in [5.41, 5.74) is 1.05. The fourth-order valence-electron chi connectivity index (χ4n) is 2.77. The van der Waals surface area contributed by atoms with Crippen LogP contribution in [0.15, 0.2) is 41.4 Å². The van der Waals surface area contributed by atoms with E-state index in [-0.39, 0.29) is 17.9 Å². The highest BCUT2D eigenvalue weighted by Crippen LogP contribution is 2.31. The molecule has 20 heavy (non-hydrogen) atoms. The lowest BCUT2D eigenvalue weighted by Crippen LogP contribution is -2.40. The van der Waals surface area contributed by atoms with Crippen LogP contribution in [0.4, 0.5) is 0 Å². The average Bonchev–Trinajstić information content (AvgIpc) is 2.92. The van der Waals surface area contributed by atoms with Crippen molar-refractivity contribution in [2.75, 3.05) is 0 Å². The van der Waals surface area contributed by atoms with Gasteiger partial charge in [0.15, 0.2) is 0 Å². The van der Waals surface area contributed by atoms with Gasteiger partial charge in [0.1, 0.15) is 0 Å². The molecule has 1 fully saturated rings. The first-order valence-corrected chi connectivity index (χ1v) is 7.52. The van der Waals surface area contributed by atoms with Crippen molar-refractivity contribution in [1.82, 2.24) is 4.90 Å². The van der Waals surface area contributed by atoms with Crippen molar-refractivity contribution in [3.8, 4) is 6.07 Å². The van der Waals surface area contributed by atoms with Crippen LogP contribution in [0.5, 0.6) is 0 Å². The Bertz CT molecular complexity index is 550. The smallest absolute Gasteiger partial charge is 0.246 e. The van der Waals surface area contributed by atoms with Gasteiger partial charge in [-0.25, -0.2) is 0 Å². The Hall–Kier alpha value is -1.60. The molecule has 4 heteroatoms. The molecule has 2 atom stereocenters. The van der Waals surface area contributed by atoms with E-state index in [0.717, 1.165) is 29.3 Å². The molecule has 0 radical (unpaired) electrons. The number of rotatable bonds is 4. The Morgan fingerprint density at radius 2 is 2.35 bits per heavy atom. The number of carbonyl (C=O) groups is 1. The highest BCUT2D eigenvalue weighted by Gasteiger charge is 2.34. The molecule has 0 aliphatic heterocycles. The van der Waals surface area contributed by atoms with Crippen molar-refractivity contribution in [1.29, 1.82) is 5.26 Å². The molecule has 1 aliphatic rings. The maximum atomic E-state index is 12.1. The number of nitriles is 1. The summed E-state index contributed by atoms with van der Waals surface area (Å²) in [5.74, 6) is -0.164. The molecule has 1 saturated carbocycles. The molecule has 0 heterocycles. The Balaban J connectivity index is 2.22. The molecule has 1 amide bonds. The first-order chi connectivity index (χ1) is 9.65. The van der Waals surface area contributed by atoms with E-state index in [4.69, 9.17) is 0 Å². The zero-order valence-electron chi connectivity index (χ0n) is 11.3. The van der Waals surface area contributed by atoms with E-state index in [2.05, 4.69) is 28.6 Å². The number of carbonyl (C=O) groups excluding carboxylic acids is 1. The zero-order chi connectivity index (χ0) is 14.5. The van der Waals surface area contributed by atoms with Crippen LogP contribution in [-0.4, -0.2) is 16.8 Å². The number of amides is 1. The van der Waals surface area contributed by atoms with E-state index in [9.17, 15) is 10.1 Å². The van der Waals surface area contributed by atoms with Gasteiger partial charge >= 0.3 is 0 Å². The summed E-state index contributed by atoms with van der Waals surface area (Å²) in [4.78, 5) is 13.9. The fourth-order valence-corrected chi connectivity index (χ4v) is 3.22. The first-order valence-electron chi connectivity index (χ1n) is 6.73. The second-order valence-corrected chi connectivity index (χ2v) is 5.95. The van der Waals surface area contributed by atoms with Gasteiger partial charge in [0.2, 0.25) is 5.91 Å². The van der Waals surface area contributed by atoms with Crippen LogP contribution >= 0.6 is 15.9 Å². The average molecular weight is 333 g/mol. The van der Waals surface area contributed by atoms with Crippen LogP contribution in [0.1, 0.15) is 24.8 Å². The van der Waals surface area contributed by atoms with Crippen molar-refractivity contribution in [2.45, 2.75) is 31.8 Å². The van der Waals surface area contributed by atoms with E-state index in [1.165, 1.54) is 6.08 Å². The Kier molecular flexibility index (Phi) is 4.97. The van der Waals surface area contributed by atoms with Crippen molar-refractivity contribution >= 4 is 21.8 Å². The standard InChI is InChI=1S/C16H17BrN2O/c1-2-16(20)19(15-8-4-6-13(15)10-18)11-12-5-3-7-14(17)9-12/h2-3,5,7,9,13,15H,1,4,6,8,11H2. The van der Waals surface area contributed by atoms with Gasteiger partial charge in [-0.15, -0.1) is 0 Å². The molecule has 1 aromatic rings. The summed E-state index contributed by atoms with van der Waals surface area (Å²) in [7, 11) is 0. The van der Waals surface area contributed by atoms with Crippen LogP contribution in [0.2, 0.25) is 0 Å². The lowest BCUT2D eigenvalue weighted by atomic mass is 10.0. The van der Waals surface area contributed by atoms with Gasteiger partial charge < -0.3 is 4.90 Å². The van der Waals surface area contributed by atoms with Crippen LogP contribution in [-0.2, 0) is 11.3 Å². The summed E-state index contributed by atoms with van der Waals surface area (Å²) in [6.07, 6.45) is 4.11. The van der Waals surface area contributed by atoms with Crippen molar-refractivity contribution in [3.63, 3.8) is 0 Å². The van der Waals surface area contributed by atoms with Gasteiger partial charge in [-0.05, 0) is 43.0 Å². The molecule has 1 aliphatic carbocycles. The van der Waals surface area contributed by atoms with Crippen LogP contribution < -0.4 is 0 Å². The minimum Gasteiger partial charge on any atom is -0.331 e. The SMILES string of the molecule is C=CC(=O)N(Cc1cccc(Br)c1)C1CCCC1C#N. The molecule has 2 rings (SSSR count). The van der Waals surface area contributed by atoms with Gasteiger partial charge in [0.05, 0.1) is 12.0 Å². The number of hydrogen-bond acceptors (Lipinski definition) is 2. The lowest BCUT2D eigenvalue weighted by Gasteiger charge is -2.30. The Morgan fingerprint density at radius 3 is 3.00 bits per heavy atom. The number of benzene rings is 1. The maximum absolute atomic E-state index is 12.1. The molecule has 3 nitrogen and oxygen atoms in total. The molecule has 0 aromatic heterocycles. The third-order valence-electron chi connectivity index (χ3n) is 3.75. The molecule has 104 valence electrons. The minimum absolute atomic E-state index is 0.00415. The number of nitrogens with zero attached hydrogens (tertiary/aromatic N) is 2. The topological polar surface area (TPSA) is 44.1 Å². The summed E-state index contributed by atoms with van der Waals surface area (Å²) in [6, 6.07) is 10.2. The maximum Gasteiger partial charge on any atom is 0.246 e. The predicted octanol–water partition coefficient (Wildman–Crippen LogP) is 3.66. The van der Waals surface area contributed by atoms with Gasteiger partial charge in [-0.2, -0.15) is 5.26 Å². The molecule has 2 unspecified atom stereocenters. The highest BCUT2D eigenvalue weighted by atomic mass is 79.9. The molecule has 0 saturated heterocycles. The number of halogens is 1. The van der Waals surface area contributed by atoms with Gasteiger partial charge in [-0.3, -0.25) is 4.79 Å². The van der Waals surface area contributed by atoms with Gasteiger partial charge in [-0.1, -0.05) is 34.6 Å². The van der Waals surface area contributed by atoms with E-state index in [1.54, 1.807) is 4.90 Å². The third kappa shape index (κ3) is 3.29. The summed E-state index contributed by atoms with van der Waals surface area (Å²) >= 11 is 3.44. The zero-order valence-corrected chi connectivity index (χ0v) is 12.8. The van der Waals surface area contributed by atoms with Crippen molar-refractivity contribution in [2.24, 2.45) is 5.92 Å². The van der Waals surface area contributed by atoms with Crippen molar-refractivity contribution < 1.29 is 4.79 Å². The van der Waals surface area contributed by atoms with Crippen molar-refractivity contribution in [3.05, 3.63) is 47.0 Å². The van der Waals surface area contributed by atoms with Gasteiger partial charge in [0.25, 0.3) is 0 Å². The van der Waals surface area contributed by atoms with E-state index in [1.807, 2.05) is 24.3 Å². The van der Waals surface area contributed by atoms with E-state index >= 15 is 0 Å². The summed E-state index contributed by atoms with van der Waals surface area (Å²) in [6.45, 7) is 4.10. The van der Waals surface area contributed by atoms with E-state index in [0.29, 0.717) is 6.54 Å². The largest absolute Gasteiger partial charge is 0.331 e. The quantitative estimate of drug-likeness (QED) is 0.790. The monoisotopic (exact) mass is 332 g/mol. The molecular formula is C16H17BrN2O. The summed E-state index contributed by atoms with van der Waals surface area (Å²) < 4.78 is 0.990. The molecular weight excluding hydrogens is 316 g/mol. The second kappa shape index (κ2) is 6.71. The minimum atomic E-state index is -0.0999. The molecule has 0 N–H and O–H groups in total. The van der Waals surface area contributed by atoms with Crippen LogP contribution in [0, 0.1) is 17.2 Å². The Morgan fingerprint density at radius 1 is 1.55 bits per heavy atom. The highest BCUT2D eigenvalue weighted by molar-refractivity contribution is 9.10. The first kappa shape index (κ1) is 14.8. The molecule has 0 bridgehead atoms. The Labute approximate surface area is 128 Å². The van der Waals surface area contributed by atoms with Crippen LogP contribution in [0.3, 0.4) is 0 Å². The molecule has 1 aromatic carbocycles. The normalized spacial score (nSPS) is 21.2. The van der Waals surface area contributed by atoms with Crippen LogP contribution in [0.25, 0.3) is 0 Å². The lowest BCUT2D eigenvalue weighted by molar-refractivity contribution is -0.129. The second-order valence-electron chi connectivity index (χ2n) is 5.03. The van der Waals surface area contributed by atoms with E-state index < -0.39 is 0 Å². The number of hydrogen-bond donors (Lipinski definition) is 0. The predicted molar refractivity (Wildman–Crippen MR) is 81.6 cm³/mol. The van der Waals surface area contributed by atoms with Gasteiger partial charge in [0, 0.05) is 17.1 Å². The fraction of sp³-hybridized carbons (Fsp3) is 0.375. The molecule has 0 spiro atoms. The summed E-state index contributed by atoms with van der Waals surface area (Å²) in [5, 5.41) is 9.23.